The van der Waals surface area contributed by atoms with E-state index in [2.05, 4.69) is 5.32 Å². The van der Waals surface area contributed by atoms with E-state index in [0.29, 0.717) is 0 Å². The van der Waals surface area contributed by atoms with Gasteiger partial charge in [-0.25, -0.2) is 4.39 Å². The molecule has 3 nitrogen and oxygen atoms in total. The van der Waals surface area contributed by atoms with Gasteiger partial charge in [-0.05, 0) is 31.3 Å². The van der Waals surface area contributed by atoms with Crippen LogP contribution in [0.5, 0.6) is 5.75 Å². The molecule has 2 heterocycles. The summed E-state index contributed by atoms with van der Waals surface area (Å²) in [6, 6.07) is 4.39. The van der Waals surface area contributed by atoms with E-state index in [1.807, 2.05) is 0 Å². The molecule has 0 aliphatic carbocycles. The molecule has 0 aromatic heterocycles. The monoisotopic (exact) mass is 222 g/mol. The third kappa shape index (κ3) is 1.33. The standard InChI is InChI=1S/C12H15FN2O/c13-8-1-2-10-9(7-8)11(14)12(16-10)3-5-15-6-4-12/h1-2,7,11,15H,3-6,14H2. The SMILES string of the molecule is NC1c2cc(F)ccc2OC12CCNCC2. The maximum Gasteiger partial charge on any atom is 0.131 e. The summed E-state index contributed by atoms with van der Waals surface area (Å²) in [5.41, 5.74) is 6.69. The van der Waals surface area contributed by atoms with Crippen LogP contribution in [-0.4, -0.2) is 18.7 Å². The Balaban J connectivity index is 1.99. The molecule has 0 bridgehead atoms. The lowest BCUT2D eigenvalue weighted by atomic mass is 9.84. The highest BCUT2D eigenvalue weighted by Gasteiger charge is 2.47. The first kappa shape index (κ1) is 10.1. The van der Waals surface area contributed by atoms with Crippen LogP contribution in [0.25, 0.3) is 0 Å². The highest BCUT2D eigenvalue weighted by molar-refractivity contribution is 5.43. The average Bonchev–Trinajstić information content (AvgIpc) is 2.55. The summed E-state index contributed by atoms with van der Waals surface area (Å²) in [4.78, 5) is 0. The van der Waals surface area contributed by atoms with Gasteiger partial charge < -0.3 is 15.8 Å². The van der Waals surface area contributed by atoms with Gasteiger partial charge in [-0.3, -0.25) is 0 Å². The maximum atomic E-state index is 13.2. The van der Waals surface area contributed by atoms with Crippen LogP contribution in [-0.2, 0) is 0 Å². The number of hydrogen-bond donors (Lipinski definition) is 2. The second kappa shape index (κ2) is 3.43. The van der Waals surface area contributed by atoms with E-state index < -0.39 is 0 Å². The third-order valence-electron chi connectivity index (χ3n) is 3.64. The zero-order chi connectivity index (χ0) is 11.2. The zero-order valence-electron chi connectivity index (χ0n) is 9.00. The van der Waals surface area contributed by atoms with E-state index in [-0.39, 0.29) is 17.5 Å². The Hall–Kier alpha value is -1.13. The first-order valence-electron chi connectivity index (χ1n) is 5.66. The van der Waals surface area contributed by atoms with Crippen molar-refractivity contribution in [2.45, 2.75) is 24.5 Å². The summed E-state index contributed by atoms with van der Waals surface area (Å²) in [6.07, 6.45) is 1.76. The number of nitrogens with one attached hydrogen (secondary N) is 1. The van der Waals surface area contributed by atoms with Gasteiger partial charge in [0.25, 0.3) is 0 Å². The summed E-state index contributed by atoms with van der Waals surface area (Å²) < 4.78 is 19.1. The molecule has 2 aliphatic heterocycles. The van der Waals surface area contributed by atoms with E-state index in [4.69, 9.17) is 10.5 Å². The molecule has 3 rings (SSSR count). The third-order valence-corrected chi connectivity index (χ3v) is 3.64. The van der Waals surface area contributed by atoms with E-state index in [1.165, 1.54) is 12.1 Å². The molecule has 1 spiro atoms. The van der Waals surface area contributed by atoms with Crippen molar-refractivity contribution in [3.63, 3.8) is 0 Å². The van der Waals surface area contributed by atoms with Gasteiger partial charge >= 0.3 is 0 Å². The van der Waals surface area contributed by atoms with Crippen molar-refractivity contribution in [2.75, 3.05) is 13.1 Å². The summed E-state index contributed by atoms with van der Waals surface area (Å²) in [5, 5.41) is 3.28. The summed E-state index contributed by atoms with van der Waals surface area (Å²) >= 11 is 0. The molecule has 1 fully saturated rings. The Kier molecular flexibility index (Phi) is 2.16. The van der Waals surface area contributed by atoms with Gasteiger partial charge in [0.1, 0.15) is 17.2 Å². The Morgan fingerprint density at radius 2 is 2.12 bits per heavy atom. The molecular formula is C12H15FN2O. The molecule has 3 N–H and O–H groups in total. The van der Waals surface area contributed by atoms with Crippen LogP contribution in [0.1, 0.15) is 24.4 Å². The number of nitrogens with two attached hydrogens (primary N) is 1. The summed E-state index contributed by atoms with van der Waals surface area (Å²) in [6.45, 7) is 1.81. The highest BCUT2D eigenvalue weighted by Crippen LogP contribution is 2.46. The lowest BCUT2D eigenvalue weighted by Gasteiger charge is -2.36. The van der Waals surface area contributed by atoms with E-state index in [1.54, 1.807) is 6.07 Å². The topological polar surface area (TPSA) is 47.3 Å². The van der Waals surface area contributed by atoms with Crippen LogP contribution in [0.4, 0.5) is 4.39 Å². The van der Waals surface area contributed by atoms with Gasteiger partial charge in [-0.2, -0.15) is 0 Å². The van der Waals surface area contributed by atoms with Crippen molar-refractivity contribution in [1.29, 1.82) is 0 Å². The largest absolute Gasteiger partial charge is 0.485 e. The normalized spacial score (nSPS) is 26.5. The second-order valence-corrected chi connectivity index (χ2v) is 4.58. The Morgan fingerprint density at radius 1 is 1.38 bits per heavy atom. The van der Waals surface area contributed by atoms with Crippen LogP contribution in [0.2, 0.25) is 0 Å². The van der Waals surface area contributed by atoms with Crippen LogP contribution in [0.15, 0.2) is 18.2 Å². The molecular weight excluding hydrogens is 207 g/mol. The zero-order valence-corrected chi connectivity index (χ0v) is 9.00. The molecule has 0 saturated carbocycles. The van der Waals surface area contributed by atoms with Crippen LogP contribution >= 0.6 is 0 Å². The van der Waals surface area contributed by atoms with E-state index >= 15 is 0 Å². The predicted molar refractivity (Wildman–Crippen MR) is 58.8 cm³/mol. The molecule has 1 unspecified atom stereocenters. The fourth-order valence-corrected chi connectivity index (χ4v) is 2.68. The van der Waals surface area contributed by atoms with Crippen LogP contribution in [0.3, 0.4) is 0 Å². The minimum atomic E-state index is -0.318. The number of piperidine rings is 1. The number of benzene rings is 1. The van der Waals surface area contributed by atoms with Gasteiger partial charge in [0.2, 0.25) is 0 Å². The molecule has 1 aromatic carbocycles. The van der Waals surface area contributed by atoms with Gasteiger partial charge in [-0.15, -0.1) is 0 Å². The molecule has 16 heavy (non-hydrogen) atoms. The molecule has 2 aliphatic rings. The number of fused-ring (bicyclic) bond motifs is 1. The van der Waals surface area contributed by atoms with Crippen LogP contribution in [0, 0.1) is 5.82 Å². The van der Waals surface area contributed by atoms with Crippen molar-refractivity contribution in [1.82, 2.24) is 5.32 Å². The quantitative estimate of drug-likeness (QED) is 0.696. The second-order valence-electron chi connectivity index (χ2n) is 4.58. The minimum absolute atomic E-state index is 0.208. The number of rotatable bonds is 0. The van der Waals surface area contributed by atoms with E-state index in [0.717, 1.165) is 37.2 Å². The van der Waals surface area contributed by atoms with Crippen molar-refractivity contribution in [3.8, 4) is 5.75 Å². The van der Waals surface area contributed by atoms with Gasteiger partial charge in [0.05, 0.1) is 6.04 Å². The van der Waals surface area contributed by atoms with E-state index in [9.17, 15) is 4.39 Å². The molecule has 0 amide bonds. The summed E-state index contributed by atoms with van der Waals surface area (Å²) in [7, 11) is 0. The molecule has 1 atom stereocenters. The van der Waals surface area contributed by atoms with Gasteiger partial charge in [0.15, 0.2) is 0 Å². The fourth-order valence-electron chi connectivity index (χ4n) is 2.68. The number of ether oxygens (including phenoxy) is 1. The predicted octanol–water partition coefficient (Wildman–Crippen LogP) is 1.34. The van der Waals surface area contributed by atoms with Gasteiger partial charge in [0, 0.05) is 18.4 Å². The molecule has 1 aromatic rings. The first-order chi connectivity index (χ1) is 7.71. The van der Waals surface area contributed by atoms with Crippen LogP contribution < -0.4 is 15.8 Å². The van der Waals surface area contributed by atoms with Crippen molar-refractivity contribution in [3.05, 3.63) is 29.6 Å². The number of halogens is 1. The lowest BCUT2D eigenvalue weighted by Crippen LogP contribution is -2.50. The molecule has 4 heteroatoms. The van der Waals surface area contributed by atoms with Gasteiger partial charge in [-0.1, -0.05) is 0 Å². The minimum Gasteiger partial charge on any atom is -0.485 e. The molecule has 0 radical (unpaired) electrons. The molecule has 86 valence electrons. The lowest BCUT2D eigenvalue weighted by molar-refractivity contribution is 0.0369. The molecule has 1 saturated heterocycles. The Morgan fingerprint density at radius 3 is 2.88 bits per heavy atom. The summed E-state index contributed by atoms with van der Waals surface area (Å²) in [5.74, 6) is 0.500. The Bertz CT molecular complexity index is 415. The smallest absolute Gasteiger partial charge is 0.131 e. The van der Waals surface area contributed by atoms with Crippen molar-refractivity contribution < 1.29 is 9.13 Å². The van der Waals surface area contributed by atoms with Crippen molar-refractivity contribution in [2.24, 2.45) is 5.73 Å². The first-order valence-corrected chi connectivity index (χ1v) is 5.66. The average molecular weight is 222 g/mol. The Labute approximate surface area is 93.8 Å². The maximum absolute atomic E-state index is 13.2. The number of hydrogen-bond acceptors (Lipinski definition) is 3. The highest BCUT2D eigenvalue weighted by atomic mass is 19.1. The fraction of sp³-hybridized carbons (Fsp3) is 0.500. The van der Waals surface area contributed by atoms with Crippen molar-refractivity contribution >= 4 is 0 Å².